The van der Waals surface area contributed by atoms with Crippen LogP contribution in [0.4, 0.5) is 4.79 Å². The van der Waals surface area contributed by atoms with Crippen LogP contribution in [0.15, 0.2) is 54.7 Å². The number of carboxylic acids is 1. The molecular formula is C21H20N4O4. The average molecular weight is 392 g/mol. The highest BCUT2D eigenvalue weighted by atomic mass is 16.5. The summed E-state index contributed by atoms with van der Waals surface area (Å²) in [5.41, 5.74) is 4.61. The number of carbonyl (C=O) groups excluding carboxylic acids is 1. The average Bonchev–Trinajstić information content (AvgIpc) is 3.33. The van der Waals surface area contributed by atoms with Crippen molar-refractivity contribution in [3.63, 3.8) is 0 Å². The smallest absolute Gasteiger partial charge is 0.407 e. The van der Waals surface area contributed by atoms with Gasteiger partial charge in [-0.2, -0.15) is 0 Å². The first-order valence-electron chi connectivity index (χ1n) is 9.36. The predicted octanol–water partition coefficient (Wildman–Crippen LogP) is 2.91. The van der Waals surface area contributed by atoms with Crippen LogP contribution in [0.3, 0.4) is 0 Å². The fraction of sp³-hybridized carbons (Fsp3) is 0.238. The third-order valence-electron chi connectivity index (χ3n) is 4.93. The predicted molar refractivity (Wildman–Crippen MR) is 105 cm³/mol. The second kappa shape index (κ2) is 8.14. The van der Waals surface area contributed by atoms with Gasteiger partial charge in [0.05, 0.1) is 6.20 Å². The summed E-state index contributed by atoms with van der Waals surface area (Å²) in [6, 6.07) is 16.4. The van der Waals surface area contributed by atoms with E-state index in [1.807, 2.05) is 24.3 Å². The zero-order valence-electron chi connectivity index (χ0n) is 15.6. The van der Waals surface area contributed by atoms with Gasteiger partial charge in [0, 0.05) is 19.0 Å². The van der Waals surface area contributed by atoms with E-state index in [2.05, 4.69) is 39.9 Å². The lowest BCUT2D eigenvalue weighted by Gasteiger charge is -2.14. The maximum Gasteiger partial charge on any atom is 0.407 e. The molecule has 4 rings (SSSR count). The van der Waals surface area contributed by atoms with E-state index in [-0.39, 0.29) is 18.2 Å². The van der Waals surface area contributed by atoms with Crippen LogP contribution in [-0.4, -0.2) is 45.3 Å². The lowest BCUT2D eigenvalue weighted by atomic mass is 9.98. The van der Waals surface area contributed by atoms with Crippen molar-refractivity contribution in [3.8, 4) is 11.1 Å². The fourth-order valence-electron chi connectivity index (χ4n) is 3.59. The second-order valence-corrected chi connectivity index (χ2v) is 6.78. The summed E-state index contributed by atoms with van der Waals surface area (Å²) in [6.07, 6.45) is 1.46. The van der Waals surface area contributed by atoms with Gasteiger partial charge in [-0.1, -0.05) is 53.7 Å². The maximum atomic E-state index is 12.1. The van der Waals surface area contributed by atoms with E-state index in [1.54, 1.807) is 0 Å². The summed E-state index contributed by atoms with van der Waals surface area (Å²) in [5.74, 6) is -1.09. The Morgan fingerprint density at radius 2 is 1.72 bits per heavy atom. The van der Waals surface area contributed by atoms with Crippen molar-refractivity contribution in [2.75, 3.05) is 13.2 Å². The Morgan fingerprint density at radius 1 is 1.07 bits per heavy atom. The van der Waals surface area contributed by atoms with Gasteiger partial charge in [-0.25, -0.2) is 9.59 Å². The number of rotatable bonds is 7. The molecule has 0 bridgehead atoms. The first-order valence-corrected chi connectivity index (χ1v) is 9.36. The first-order chi connectivity index (χ1) is 14.1. The number of carbonyl (C=O) groups is 2. The number of aryl methyl sites for hydroxylation is 1. The SMILES string of the molecule is O=C(NCCCn1cc(C(=O)O)nn1)OCC1c2ccccc2-c2ccccc21. The molecule has 0 atom stereocenters. The minimum absolute atomic E-state index is 0.0257. The zero-order chi connectivity index (χ0) is 20.2. The molecular weight excluding hydrogens is 372 g/mol. The molecule has 8 nitrogen and oxygen atoms in total. The van der Waals surface area contributed by atoms with Crippen molar-refractivity contribution in [2.45, 2.75) is 18.9 Å². The van der Waals surface area contributed by atoms with Crippen LogP contribution in [0.1, 0.15) is 34.0 Å². The number of aromatic nitrogens is 3. The summed E-state index contributed by atoms with van der Waals surface area (Å²) in [5, 5.41) is 18.8. The molecule has 0 aliphatic heterocycles. The molecule has 3 aromatic rings. The molecule has 1 amide bonds. The summed E-state index contributed by atoms with van der Waals surface area (Å²) >= 11 is 0. The van der Waals surface area contributed by atoms with E-state index < -0.39 is 12.1 Å². The number of amides is 1. The monoisotopic (exact) mass is 392 g/mol. The van der Waals surface area contributed by atoms with Crippen LogP contribution >= 0.6 is 0 Å². The third-order valence-corrected chi connectivity index (χ3v) is 4.93. The number of benzene rings is 2. The van der Waals surface area contributed by atoms with Gasteiger partial charge in [-0.3, -0.25) is 4.68 Å². The van der Waals surface area contributed by atoms with Crippen molar-refractivity contribution in [1.82, 2.24) is 20.3 Å². The fourth-order valence-corrected chi connectivity index (χ4v) is 3.59. The van der Waals surface area contributed by atoms with Crippen LogP contribution in [0.2, 0.25) is 0 Å². The molecule has 1 aliphatic carbocycles. The Bertz CT molecular complexity index is 1000. The molecule has 1 aromatic heterocycles. The summed E-state index contributed by atoms with van der Waals surface area (Å²) in [7, 11) is 0. The van der Waals surface area contributed by atoms with Gasteiger partial charge in [0.15, 0.2) is 5.69 Å². The van der Waals surface area contributed by atoms with Crippen LogP contribution in [0.5, 0.6) is 0 Å². The molecule has 0 spiro atoms. The zero-order valence-corrected chi connectivity index (χ0v) is 15.6. The van der Waals surface area contributed by atoms with Gasteiger partial charge in [0.2, 0.25) is 0 Å². The molecule has 1 heterocycles. The lowest BCUT2D eigenvalue weighted by Crippen LogP contribution is -2.27. The number of aromatic carboxylic acids is 1. The number of hydrogen-bond donors (Lipinski definition) is 2. The molecule has 148 valence electrons. The van der Waals surface area contributed by atoms with Crippen LogP contribution in [-0.2, 0) is 11.3 Å². The van der Waals surface area contributed by atoms with E-state index in [4.69, 9.17) is 9.84 Å². The maximum absolute atomic E-state index is 12.1. The number of nitrogens with one attached hydrogen (secondary N) is 1. The minimum Gasteiger partial charge on any atom is -0.476 e. The highest BCUT2D eigenvalue weighted by molar-refractivity contribution is 5.84. The van der Waals surface area contributed by atoms with Crippen LogP contribution in [0.25, 0.3) is 11.1 Å². The summed E-state index contributed by atoms with van der Waals surface area (Å²) < 4.78 is 6.90. The van der Waals surface area contributed by atoms with E-state index in [0.29, 0.717) is 19.5 Å². The highest BCUT2D eigenvalue weighted by Crippen LogP contribution is 2.44. The topological polar surface area (TPSA) is 106 Å². The van der Waals surface area contributed by atoms with Gasteiger partial charge in [-0.15, -0.1) is 5.10 Å². The number of ether oxygens (including phenoxy) is 1. The molecule has 29 heavy (non-hydrogen) atoms. The number of fused-ring (bicyclic) bond motifs is 3. The quantitative estimate of drug-likeness (QED) is 0.599. The van der Waals surface area contributed by atoms with Crippen molar-refractivity contribution >= 4 is 12.1 Å². The largest absolute Gasteiger partial charge is 0.476 e. The molecule has 0 fully saturated rings. The molecule has 0 radical (unpaired) electrons. The molecule has 2 aromatic carbocycles. The highest BCUT2D eigenvalue weighted by Gasteiger charge is 2.28. The van der Waals surface area contributed by atoms with E-state index in [0.717, 1.165) is 0 Å². The molecule has 0 saturated carbocycles. The number of hydrogen-bond acceptors (Lipinski definition) is 5. The van der Waals surface area contributed by atoms with Crippen LogP contribution < -0.4 is 5.32 Å². The molecule has 1 aliphatic rings. The summed E-state index contributed by atoms with van der Waals surface area (Å²) in [4.78, 5) is 22.9. The lowest BCUT2D eigenvalue weighted by molar-refractivity contribution is 0.0690. The van der Waals surface area contributed by atoms with Gasteiger partial charge in [0.25, 0.3) is 0 Å². The van der Waals surface area contributed by atoms with Crippen LogP contribution in [0, 0.1) is 0 Å². The molecule has 2 N–H and O–H groups in total. The third kappa shape index (κ3) is 3.96. The summed E-state index contributed by atoms with van der Waals surface area (Å²) in [6.45, 7) is 1.10. The molecule has 8 heteroatoms. The molecule has 0 unspecified atom stereocenters. The van der Waals surface area contributed by atoms with E-state index in [9.17, 15) is 9.59 Å². The standard InChI is InChI=1S/C21H20N4O4/c26-20(27)19-12-25(24-23-19)11-5-10-22-21(28)29-13-18-16-8-3-1-6-14(16)15-7-2-4-9-17(15)18/h1-4,6-9,12,18H,5,10-11,13H2,(H,22,28)(H,26,27). The van der Waals surface area contributed by atoms with Gasteiger partial charge >= 0.3 is 12.1 Å². The normalized spacial score (nSPS) is 12.3. The first kappa shape index (κ1) is 18.7. The Balaban J connectivity index is 1.27. The Labute approximate surface area is 167 Å². The van der Waals surface area contributed by atoms with Gasteiger partial charge < -0.3 is 15.2 Å². The number of alkyl carbamates (subject to hydrolysis) is 1. The number of carboxylic acid groups (broad SMARTS) is 1. The minimum atomic E-state index is -1.12. The van der Waals surface area contributed by atoms with Crippen molar-refractivity contribution < 1.29 is 19.4 Å². The molecule has 0 saturated heterocycles. The second-order valence-electron chi connectivity index (χ2n) is 6.78. The van der Waals surface area contributed by atoms with Gasteiger partial charge in [-0.05, 0) is 28.7 Å². The number of nitrogens with zero attached hydrogens (tertiary/aromatic N) is 3. The van der Waals surface area contributed by atoms with Gasteiger partial charge in [0.1, 0.15) is 6.61 Å². The Hall–Kier alpha value is -3.68. The Kier molecular flexibility index (Phi) is 5.24. The van der Waals surface area contributed by atoms with E-state index >= 15 is 0 Å². The van der Waals surface area contributed by atoms with Crippen molar-refractivity contribution in [3.05, 3.63) is 71.5 Å². The Morgan fingerprint density at radius 3 is 2.34 bits per heavy atom. The van der Waals surface area contributed by atoms with E-state index in [1.165, 1.54) is 33.1 Å². The van der Waals surface area contributed by atoms with Crippen molar-refractivity contribution in [2.24, 2.45) is 0 Å². The van der Waals surface area contributed by atoms with Crippen molar-refractivity contribution in [1.29, 1.82) is 0 Å².